The Morgan fingerprint density at radius 1 is 1.09 bits per heavy atom. The zero-order valence-corrected chi connectivity index (χ0v) is 13.6. The molecule has 3 rings (SSSR count). The SMILES string of the molecule is CCCc1ccc(NS(=O)(=O)c2cccc3nsnc23)cc1. The van der Waals surface area contributed by atoms with Crippen molar-refractivity contribution in [3.05, 3.63) is 48.0 Å². The molecule has 0 bridgehead atoms. The number of fused-ring (bicyclic) bond motifs is 1. The second-order valence-electron chi connectivity index (χ2n) is 4.94. The number of aromatic nitrogens is 2. The third kappa shape index (κ3) is 2.95. The van der Waals surface area contributed by atoms with Crippen molar-refractivity contribution in [2.45, 2.75) is 24.7 Å². The number of sulfonamides is 1. The first-order valence-corrected chi connectivity index (χ1v) is 9.14. The molecule has 3 aromatic rings. The Morgan fingerprint density at radius 3 is 2.59 bits per heavy atom. The smallest absolute Gasteiger partial charge is 0.264 e. The Kier molecular flexibility index (Phi) is 4.08. The summed E-state index contributed by atoms with van der Waals surface area (Å²) in [5, 5.41) is 0. The van der Waals surface area contributed by atoms with E-state index in [4.69, 9.17) is 0 Å². The van der Waals surface area contributed by atoms with Gasteiger partial charge in [0.2, 0.25) is 0 Å². The highest BCUT2D eigenvalue weighted by atomic mass is 32.2. The summed E-state index contributed by atoms with van der Waals surface area (Å²) in [6.07, 6.45) is 2.04. The van der Waals surface area contributed by atoms with Gasteiger partial charge in [-0.25, -0.2) is 8.42 Å². The van der Waals surface area contributed by atoms with E-state index in [1.807, 2.05) is 12.1 Å². The van der Waals surface area contributed by atoms with Crippen LogP contribution in [0, 0.1) is 0 Å². The van der Waals surface area contributed by atoms with Crippen LogP contribution in [-0.2, 0) is 16.4 Å². The number of hydrogen-bond donors (Lipinski definition) is 1. The third-order valence-electron chi connectivity index (χ3n) is 3.28. The van der Waals surface area contributed by atoms with Gasteiger partial charge in [0.05, 0.1) is 11.7 Å². The molecule has 22 heavy (non-hydrogen) atoms. The van der Waals surface area contributed by atoms with Gasteiger partial charge in [0.25, 0.3) is 10.0 Å². The minimum Gasteiger partial charge on any atom is -0.280 e. The molecule has 1 aromatic heterocycles. The van der Waals surface area contributed by atoms with Crippen LogP contribution in [0.4, 0.5) is 5.69 Å². The van der Waals surface area contributed by atoms with Gasteiger partial charge in [-0.05, 0) is 36.2 Å². The van der Waals surface area contributed by atoms with E-state index in [-0.39, 0.29) is 4.90 Å². The van der Waals surface area contributed by atoms with Crippen LogP contribution in [0.5, 0.6) is 0 Å². The van der Waals surface area contributed by atoms with Gasteiger partial charge in [-0.1, -0.05) is 31.5 Å². The molecule has 0 spiro atoms. The Bertz CT molecular complexity index is 887. The lowest BCUT2D eigenvalue weighted by molar-refractivity contribution is 0.602. The summed E-state index contributed by atoms with van der Waals surface area (Å²) in [6, 6.07) is 12.4. The standard InChI is InChI=1S/C15H15N3O2S2/c1-2-4-11-7-9-12(10-8-11)18-22(19,20)14-6-3-5-13-15(14)17-21-16-13/h3,5-10,18H,2,4H2,1H3. The Balaban J connectivity index is 1.91. The summed E-state index contributed by atoms with van der Waals surface area (Å²) in [6.45, 7) is 2.11. The molecule has 0 unspecified atom stereocenters. The first-order chi connectivity index (χ1) is 10.6. The first-order valence-electron chi connectivity index (χ1n) is 6.93. The van der Waals surface area contributed by atoms with Crippen molar-refractivity contribution in [2.24, 2.45) is 0 Å². The number of hydrogen-bond acceptors (Lipinski definition) is 5. The van der Waals surface area contributed by atoms with Crippen molar-refractivity contribution in [1.82, 2.24) is 8.75 Å². The monoisotopic (exact) mass is 333 g/mol. The maximum atomic E-state index is 12.5. The zero-order chi connectivity index (χ0) is 15.6. The van der Waals surface area contributed by atoms with Crippen molar-refractivity contribution in [1.29, 1.82) is 0 Å². The molecule has 5 nitrogen and oxygen atoms in total. The van der Waals surface area contributed by atoms with Crippen LogP contribution in [0.1, 0.15) is 18.9 Å². The summed E-state index contributed by atoms with van der Waals surface area (Å²) in [4.78, 5) is 0.149. The number of nitrogens with one attached hydrogen (secondary N) is 1. The highest BCUT2D eigenvalue weighted by Crippen LogP contribution is 2.23. The lowest BCUT2D eigenvalue weighted by Gasteiger charge is -2.09. The highest BCUT2D eigenvalue weighted by molar-refractivity contribution is 7.93. The van der Waals surface area contributed by atoms with Gasteiger partial charge >= 0.3 is 0 Å². The lowest BCUT2D eigenvalue weighted by atomic mass is 10.1. The largest absolute Gasteiger partial charge is 0.280 e. The first kappa shape index (κ1) is 14.9. The normalized spacial score (nSPS) is 11.7. The van der Waals surface area contributed by atoms with Crippen LogP contribution in [0.3, 0.4) is 0 Å². The minimum atomic E-state index is -3.68. The van der Waals surface area contributed by atoms with E-state index < -0.39 is 10.0 Å². The molecule has 0 radical (unpaired) electrons. The van der Waals surface area contributed by atoms with Crippen LogP contribution >= 0.6 is 11.7 Å². The molecule has 0 atom stereocenters. The summed E-state index contributed by atoms with van der Waals surface area (Å²) in [5.41, 5.74) is 2.73. The van der Waals surface area contributed by atoms with Crippen LogP contribution in [0.15, 0.2) is 47.4 Å². The van der Waals surface area contributed by atoms with Crippen molar-refractivity contribution >= 4 is 38.5 Å². The molecule has 114 valence electrons. The summed E-state index contributed by atoms with van der Waals surface area (Å²) in [7, 11) is -3.68. The van der Waals surface area contributed by atoms with Crippen LogP contribution in [0.25, 0.3) is 11.0 Å². The van der Waals surface area contributed by atoms with E-state index in [1.165, 1.54) is 11.6 Å². The van der Waals surface area contributed by atoms with Gasteiger partial charge in [-0.15, -0.1) is 0 Å². The molecular formula is C15H15N3O2S2. The van der Waals surface area contributed by atoms with Crippen molar-refractivity contribution in [3.63, 3.8) is 0 Å². The fraction of sp³-hybridized carbons (Fsp3) is 0.200. The van der Waals surface area contributed by atoms with Crippen molar-refractivity contribution in [3.8, 4) is 0 Å². The van der Waals surface area contributed by atoms with Gasteiger partial charge in [0, 0.05) is 5.69 Å². The van der Waals surface area contributed by atoms with E-state index in [1.54, 1.807) is 24.3 Å². The van der Waals surface area contributed by atoms with E-state index in [0.29, 0.717) is 16.7 Å². The van der Waals surface area contributed by atoms with Crippen LogP contribution < -0.4 is 4.72 Å². The van der Waals surface area contributed by atoms with Crippen LogP contribution in [-0.4, -0.2) is 17.2 Å². The van der Waals surface area contributed by atoms with Gasteiger partial charge in [-0.3, -0.25) is 4.72 Å². The maximum Gasteiger partial charge on any atom is 0.264 e. The number of anilines is 1. The topological polar surface area (TPSA) is 72.0 Å². The summed E-state index contributed by atoms with van der Waals surface area (Å²) in [5.74, 6) is 0. The average Bonchev–Trinajstić information content (AvgIpc) is 2.97. The van der Waals surface area contributed by atoms with E-state index in [9.17, 15) is 8.42 Å². The minimum absolute atomic E-state index is 0.149. The molecule has 0 aliphatic rings. The van der Waals surface area contributed by atoms with Crippen molar-refractivity contribution < 1.29 is 8.42 Å². The molecule has 0 saturated carbocycles. The highest BCUT2D eigenvalue weighted by Gasteiger charge is 2.19. The molecule has 0 aliphatic carbocycles. The fourth-order valence-corrected chi connectivity index (χ4v) is 4.06. The molecule has 2 aromatic carbocycles. The predicted octanol–water partition coefficient (Wildman–Crippen LogP) is 3.44. The Morgan fingerprint density at radius 2 is 1.86 bits per heavy atom. The number of benzene rings is 2. The second kappa shape index (κ2) is 6.02. The molecule has 1 heterocycles. The molecule has 0 fully saturated rings. The van der Waals surface area contributed by atoms with E-state index in [0.717, 1.165) is 24.6 Å². The number of aryl methyl sites for hydroxylation is 1. The Labute approximate surface area is 133 Å². The molecule has 0 saturated heterocycles. The lowest BCUT2D eigenvalue weighted by Crippen LogP contribution is -2.13. The molecular weight excluding hydrogens is 318 g/mol. The van der Waals surface area contributed by atoms with E-state index >= 15 is 0 Å². The van der Waals surface area contributed by atoms with Gasteiger partial charge in [0.1, 0.15) is 15.9 Å². The second-order valence-corrected chi connectivity index (χ2v) is 7.12. The average molecular weight is 333 g/mol. The maximum absolute atomic E-state index is 12.5. The zero-order valence-electron chi connectivity index (χ0n) is 12.0. The van der Waals surface area contributed by atoms with Crippen LogP contribution in [0.2, 0.25) is 0 Å². The van der Waals surface area contributed by atoms with Gasteiger partial charge in [-0.2, -0.15) is 8.75 Å². The molecule has 1 N–H and O–H groups in total. The Hall–Kier alpha value is -1.99. The predicted molar refractivity (Wildman–Crippen MR) is 88.7 cm³/mol. The molecule has 0 aliphatic heterocycles. The molecule has 0 amide bonds. The van der Waals surface area contributed by atoms with Gasteiger partial charge in [0.15, 0.2) is 0 Å². The molecule has 7 heteroatoms. The number of rotatable bonds is 5. The quantitative estimate of drug-likeness (QED) is 0.776. The van der Waals surface area contributed by atoms with E-state index in [2.05, 4.69) is 20.4 Å². The fourth-order valence-electron chi connectivity index (χ4n) is 2.24. The summed E-state index contributed by atoms with van der Waals surface area (Å²) >= 11 is 1.00. The van der Waals surface area contributed by atoms with Gasteiger partial charge < -0.3 is 0 Å². The third-order valence-corrected chi connectivity index (χ3v) is 5.24. The van der Waals surface area contributed by atoms with Crippen molar-refractivity contribution in [2.75, 3.05) is 4.72 Å². The summed E-state index contributed by atoms with van der Waals surface area (Å²) < 4.78 is 35.8. The number of nitrogens with zero attached hydrogens (tertiary/aromatic N) is 2.